The van der Waals surface area contributed by atoms with Gasteiger partial charge in [-0.1, -0.05) is 20.8 Å². The van der Waals surface area contributed by atoms with E-state index in [1.165, 1.54) is 4.68 Å². The molecule has 0 unspecified atom stereocenters. The van der Waals surface area contributed by atoms with Crippen molar-refractivity contribution in [2.75, 3.05) is 5.32 Å². The van der Waals surface area contributed by atoms with Gasteiger partial charge in [0.25, 0.3) is 0 Å². The SMILES string of the molecule is Cc1cc(NC(=O)C(=O)N[C@@H](C)C(C)(C)C)n(C)n1. The summed E-state index contributed by atoms with van der Waals surface area (Å²) in [6, 6.07) is 1.61. The molecule has 0 radical (unpaired) electrons. The lowest BCUT2D eigenvalue weighted by atomic mass is 9.88. The smallest absolute Gasteiger partial charge is 0.314 e. The molecule has 2 N–H and O–H groups in total. The van der Waals surface area contributed by atoms with Crippen LogP contribution in [0.4, 0.5) is 5.82 Å². The summed E-state index contributed by atoms with van der Waals surface area (Å²) in [6.07, 6.45) is 0. The Balaban J connectivity index is 2.64. The number of aromatic nitrogens is 2. The minimum atomic E-state index is -0.681. The second-order valence-corrected chi connectivity index (χ2v) is 5.81. The van der Waals surface area contributed by atoms with Crippen molar-refractivity contribution in [3.63, 3.8) is 0 Å². The zero-order chi connectivity index (χ0) is 14.8. The monoisotopic (exact) mass is 266 g/mol. The van der Waals surface area contributed by atoms with Gasteiger partial charge in [0.2, 0.25) is 0 Å². The number of anilines is 1. The molecule has 6 heteroatoms. The number of rotatable bonds is 2. The van der Waals surface area contributed by atoms with Crippen LogP contribution in [0.15, 0.2) is 6.07 Å². The van der Waals surface area contributed by atoms with Gasteiger partial charge in [0.1, 0.15) is 5.82 Å². The van der Waals surface area contributed by atoms with E-state index < -0.39 is 11.8 Å². The van der Waals surface area contributed by atoms with Gasteiger partial charge < -0.3 is 10.6 Å². The lowest BCUT2D eigenvalue weighted by Gasteiger charge is -2.27. The van der Waals surface area contributed by atoms with Gasteiger partial charge in [-0.25, -0.2) is 0 Å². The Hall–Kier alpha value is -1.85. The molecule has 1 aromatic rings. The van der Waals surface area contributed by atoms with Crippen LogP contribution in [-0.4, -0.2) is 27.6 Å². The maximum Gasteiger partial charge on any atom is 0.314 e. The van der Waals surface area contributed by atoms with Crippen molar-refractivity contribution in [3.05, 3.63) is 11.8 Å². The quantitative estimate of drug-likeness (QED) is 0.790. The number of nitrogens with one attached hydrogen (secondary N) is 2. The molecule has 0 aromatic carbocycles. The third kappa shape index (κ3) is 4.08. The first-order chi connectivity index (χ1) is 8.61. The molecule has 6 nitrogen and oxygen atoms in total. The second kappa shape index (κ2) is 5.42. The molecule has 2 amide bonds. The summed E-state index contributed by atoms with van der Waals surface area (Å²) in [4.78, 5) is 23.5. The summed E-state index contributed by atoms with van der Waals surface area (Å²) in [6.45, 7) is 9.69. The van der Waals surface area contributed by atoms with Gasteiger partial charge in [-0.15, -0.1) is 0 Å². The molecule has 0 spiro atoms. The topological polar surface area (TPSA) is 76.0 Å². The highest BCUT2D eigenvalue weighted by atomic mass is 16.2. The molecule has 0 aliphatic heterocycles. The fourth-order valence-corrected chi connectivity index (χ4v) is 1.38. The molecule has 0 fully saturated rings. The Bertz CT molecular complexity index is 485. The first-order valence-electron chi connectivity index (χ1n) is 6.23. The molecule has 1 atom stereocenters. The van der Waals surface area contributed by atoms with Crippen molar-refractivity contribution < 1.29 is 9.59 Å². The first-order valence-corrected chi connectivity index (χ1v) is 6.23. The van der Waals surface area contributed by atoms with Gasteiger partial charge in [-0.05, 0) is 19.3 Å². The van der Waals surface area contributed by atoms with Gasteiger partial charge in [0.15, 0.2) is 0 Å². The third-order valence-corrected chi connectivity index (χ3v) is 3.10. The number of carbonyl (C=O) groups is 2. The molecule has 19 heavy (non-hydrogen) atoms. The van der Waals surface area contributed by atoms with Crippen molar-refractivity contribution in [1.82, 2.24) is 15.1 Å². The van der Waals surface area contributed by atoms with Crippen LogP contribution in [0.1, 0.15) is 33.4 Å². The molecule has 1 aromatic heterocycles. The molecule has 0 aliphatic carbocycles. The van der Waals surface area contributed by atoms with Gasteiger partial charge in [-0.3, -0.25) is 14.3 Å². The summed E-state index contributed by atoms with van der Waals surface area (Å²) in [5.74, 6) is -0.818. The van der Waals surface area contributed by atoms with Gasteiger partial charge in [-0.2, -0.15) is 5.10 Å². The van der Waals surface area contributed by atoms with E-state index in [9.17, 15) is 9.59 Å². The molecule has 106 valence electrons. The van der Waals surface area contributed by atoms with E-state index in [-0.39, 0.29) is 11.5 Å². The van der Waals surface area contributed by atoms with E-state index in [1.807, 2.05) is 34.6 Å². The highest BCUT2D eigenvalue weighted by Crippen LogP contribution is 2.18. The molecule has 0 aliphatic rings. The molecule has 1 heterocycles. The standard InChI is InChI=1S/C13H22N4O2/c1-8-7-10(17(6)16-8)15-12(19)11(18)14-9(2)13(3,4)5/h7,9H,1-6H3,(H,14,18)(H,15,19)/t9-/m0/s1. The minimum absolute atomic E-state index is 0.0981. The van der Waals surface area contributed by atoms with Crippen LogP contribution in [-0.2, 0) is 16.6 Å². The van der Waals surface area contributed by atoms with Gasteiger partial charge >= 0.3 is 11.8 Å². The maximum atomic E-state index is 11.8. The lowest BCUT2D eigenvalue weighted by Crippen LogP contribution is -2.46. The predicted molar refractivity (Wildman–Crippen MR) is 73.6 cm³/mol. The van der Waals surface area contributed by atoms with Gasteiger partial charge in [0, 0.05) is 19.2 Å². The first kappa shape index (κ1) is 15.2. The Morgan fingerprint density at radius 1 is 1.32 bits per heavy atom. The average Bonchev–Trinajstić information content (AvgIpc) is 2.55. The van der Waals surface area contributed by atoms with Crippen LogP contribution in [0.3, 0.4) is 0 Å². The number of hydrogen-bond donors (Lipinski definition) is 2. The highest BCUT2D eigenvalue weighted by Gasteiger charge is 2.25. The predicted octanol–water partition coefficient (Wildman–Crippen LogP) is 1.22. The van der Waals surface area contributed by atoms with Crippen molar-refractivity contribution in [1.29, 1.82) is 0 Å². The van der Waals surface area contributed by atoms with Crippen LogP contribution in [0.25, 0.3) is 0 Å². The van der Waals surface area contributed by atoms with Gasteiger partial charge in [0.05, 0.1) is 5.69 Å². The average molecular weight is 266 g/mol. The van der Waals surface area contributed by atoms with Crippen LogP contribution < -0.4 is 10.6 Å². The normalized spacial score (nSPS) is 12.9. The largest absolute Gasteiger partial charge is 0.345 e. The third-order valence-electron chi connectivity index (χ3n) is 3.10. The van der Waals surface area contributed by atoms with Crippen LogP contribution >= 0.6 is 0 Å². The number of hydrogen-bond acceptors (Lipinski definition) is 3. The molecule has 0 saturated carbocycles. The van der Waals surface area contributed by atoms with Crippen molar-refractivity contribution in [2.24, 2.45) is 12.5 Å². The van der Waals surface area contributed by atoms with Crippen molar-refractivity contribution >= 4 is 17.6 Å². The van der Waals surface area contributed by atoms with E-state index in [0.29, 0.717) is 5.82 Å². The lowest BCUT2D eigenvalue weighted by molar-refractivity contribution is -0.137. The van der Waals surface area contributed by atoms with Crippen molar-refractivity contribution in [3.8, 4) is 0 Å². The minimum Gasteiger partial charge on any atom is -0.345 e. The van der Waals surface area contributed by atoms with Crippen LogP contribution in [0.5, 0.6) is 0 Å². The maximum absolute atomic E-state index is 11.8. The zero-order valence-electron chi connectivity index (χ0n) is 12.4. The summed E-state index contributed by atoms with van der Waals surface area (Å²) < 4.78 is 1.52. The molecule has 0 bridgehead atoms. The molecule has 1 rings (SSSR count). The molecular formula is C13H22N4O2. The number of carbonyl (C=O) groups excluding carboxylic acids is 2. The zero-order valence-corrected chi connectivity index (χ0v) is 12.4. The number of nitrogens with zero attached hydrogens (tertiary/aromatic N) is 2. The fraction of sp³-hybridized carbons (Fsp3) is 0.615. The van der Waals surface area contributed by atoms with E-state index in [0.717, 1.165) is 5.69 Å². The van der Waals surface area contributed by atoms with E-state index in [1.54, 1.807) is 13.1 Å². The van der Waals surface area contributed by atoms with Crippen LogP contribution in [0.2, 0.25) is 0 Å². The number of aryl methyl sites for hydroxylation is 2. The van der Waals surface area contributed by atoms with E-state index in [2.05, 4.69) is 15.7 Å². The van der Waals surface area contributed by atoms with E-state index >= 15 is 0 Å². The Morgan fingerprint density at radius 2 is 1.89 bits per heavy atom. The Kier molecular flexibility index (Phi) is 4.34. The van der Waals surface area contributed by atoms with Crippen LogP contribution in [0, 0.1) is 12.3 Å². The second-order valence-electron chi connectivity index (χ2n) is 5.81. The summed E-state index contributed by atoms with van der Waals surface area (Å²) in [7, 11) is 1.71. The summed E-state index contributed by atoms with van der Waals surface area (Å²) in [5.41, 5.74) is 0.681. The molecule has 0 saturated heterocycles. The summed E-state index contributed by atoms with van der Waals surface area (Å²) in [5, 5.41) is 9.32. The summed E-state index contributed by atoms with van der Waals surface area (Å²) >= 11 is 0. The Labute approximate surface area is 113 Å². The number of amides is 2. The Morgan fingerprint density at radius 3 is 2.32 bits per heavy atom. The highest BCUT2D eigenvalue weighted by molar-refractivity contribution is 6.39. The van der Waals surface area contributed by atoms with Crippen molar-refractivity contribution in [2.45, 2.75) is 40.7 Å². The fourth-order valence-electron chi connectivity index (χ4n) is 1.38. The van der Waals surface area contributed by atoms with E-state index in [4.69, 9.17) is 0 Å². The molecular weight excluding hydrogens is 244 g/mol.